The van der Waals surface area contributed by atoms with Gasteiger partial charge in [-0.3, -0.25) is 0 Å². The van der Waals surface area contributed by atoms with Crippen LogP contribution in [0.15, 0.2) is 48.0 Å². The van der Waals surface area contributed by atoms with Crippen LogP contribution in [-0.2, 0) is 12.8 Å². The van der Waals surface area contributed by atoms with E-state index in [9.17, 15) is 5.11 Å². The van der Waals surface area contributed by atoms with Gasteiger partial charge < -0.3 is 19.6 Å². The van der Waals surface area contributed by atoms with Gasteiger partial charge in [-0.2, -0.15) is 0 Å². The van der Waals surface area contributed by atoms with Crippen molar-refractivity contribution in [2.24, 2.45) is 5.92 Å². The zero-order chi connectivity index (χ0) is 24.6. The summed E-state index contributed by atoms with van der Waals surface area (Å²) in [5, 5.41) is 11.0. The van der Waals surface area contributed by atoms with Crippen LogP contribution in [0.1, 0.15) is 61.3 Å². The molecule has 0 bridgehead atoms. The fourth-order valence-electron chi connectivity index (χ4n) is 5.93. The van der Waals surface area contributed by atoms with Gasteiger partial charge in [0.2, 0.25) is 0 Å². The standard InChI is InChI=1S/C30H42N2O2/c1-20-16-25(23-18-21(8-10-27(23)33)12-14-31(4)5)29-26(17-20)24-19-22(13-15-32(6)7)9-11-28(24)34-30(29,2)3/h8-11,16,18-19,25-26,29,33H,12-15,17H2,1-7H3/t25-,26-,29+/m0/s1. The second-order valence-corrected chi connectivity index (χ2v) is 11.5. The lowest BCUT2D eigenvalue weighted by Crippen LogP contribution is -2.48. The molecule has 3 atom stereocenters. The van der Waals surface area contributed by atoms with Crippen molar-refractivity contribution >= 4 is 0 Å². The van der Waals surface area contributed by atoms with Crippen molar-refractivity contribution in [3.8, 4) is 11.5 Å². The normalized spacial score (nSPS) is 23.3. The molecule has 4 heteroatoms. The molecular formula is C30H42N2O2. The third kappa shape index (κ3) is 5.18. The molecule has 1 aliphatic heterocycles. The number of rotatable bonds is 7. The molecule has 0 amide bonds. The second-order valence-electron chi connectivity index (χ2n) is 11.5. The highest BCUT2D eigenvalue weighted by molar-refractivity contribution is 5.49. The first-order valence-corrected chi connectivity index (χ1v) is 12.7. The molecular weight excluding hydrogens is 420 g/mol. The Hall–Kier alpha value is -2.30. The van der Waals surface area contributed by atoms with Gasteiger partial charge in [-0.15, -0.1) is 0 Å². The Morgan fingerprint density at radius 3 is 2.12 bits per heavy atom. The quantitative estimate of drug-likeness (QED) is 0.543. The Labute approximate surface area is 206 Å². The number of nitrogens with zero attached hydrogens (tertiary/aromatic N) is 2. The van der Waals surface area contributed by atoms with Crippen LogP contribution >= 0.6 is 0 Å². The first-order valence-electron chi connectivity index (χ1n) is 12.7. The van der Waals surface area contributed by atoms with Gasteiger partial charge in [0, 0.05) is 30.5 Å². The summed E-state index contributed by atoms with van der Waals surface area (Å²) < 4.78 is 6.68. The first kappa shape index (κ1) is 24.8. The van der Waals surface area contributed by atoms with E-state index in [0.29, 0.717) is 11.7 Å². The predicted octanol–water partition coefficient (Wildman–Crippen LogP) is 5.61. The highest BCUT2D eigenvalue weighted by Gasteiger charge is 2.49. The number of benzene rings is 2. The molecule has 4 rings (SSSR count). The Balaban J connectivity index is 1.74. The summed E-state index contributed by atoms with van der Waals surface area (Å²) >= 11 is 0. The molecule has 34 heavy (non-hydrogen) atoms. The highest BCUT2D eigenvalue weighted by atomic mass is 16.5. The van der Waals surface area contributed by atoms with Gasteiger partial charge in [-0.1, -0.05) is 35.9 Å². The van der Waals surface area contributed by atoms with E-state index in [2.05, 4.69) is 95.2 Å². The van der Waals surface area contributed by atoms with Crippen LogP contribution in [0.5, 0.6) is 11.5 Å². The number of hydrogen-bond acceptors (Lipinski definition) is 4. The van der Waals surface area contributed by atoms with Crippen molar-refractivity contribution in [2.75, 3.05) is 41.3 Å². The van der Waals surface area contributed by atoms with E-state index in [1.807, 2.05) is 6.07 Å². The topological polar surface area (TPSA) is 35.9 Å². The van der Waals surface area contributed by atoms with Crippen LogP contribution in [-0.4, -0.2) is 61.8 Å². The zero-order valence-electron chi connectivity index (χ0n) is 22.1. The minimum atomic E-state index is -0.337. The molecule has 2 aromatic rings. The molecule has 0 saturated heterocycles. The second kappa shape index (κ2) is 9.75. The average Bonchev–Trinajstić information content (AvgIpc) is 2.76. The van der Waals surface area contributed by atoms with Crippen LogP contribution in [0.25, 0.3) is 0 Å². The Morgan fingerprint density at radius 1 is 0.912 bits per heavy atom. The maximum atomic E-state index is 11.0. The Kier molecular flexibility index (Phi) is 7.12. The fourth-order valence-corrected chi connectivity index (χ4v) is 5.93. The summed E-state index contributed by atoms with van der Waals surface area (Å²) in [6.07, 6.45) is 5.44. The number of likely N-dealkylation sites (N-methyl/N-ethyl adjacent to an activating group) is 2. The van der Waals surface area contributed by atoms with Crippen molar-refractivity contribution < 1.29 is 9.84 Å². The molecule has 2 aromatic carbocycles. The molecule has 0 radical (unpaired) electrons. The summed E-state index contributed by atoms with van der Waals surface area (Å²) in [5.41, 5.74) is 6.07. The van der Waals surface area contributed by atoms with Gasteiger partial charge in [0.25, 0.3) is 0 Å². The predicted molar refractivity (Wildman–Crippen MR) is 141 cm³/mol. The third-order valence-electron chi connectivity index (χ3n) is 7.62. The van der Waals surface area contributed by atoms with Gasteiger partial charge >= 0.3 is 0 Å². The van der Waals surface area contributed by atoms with Crippen molar-refractivity contribution in [1.29, 1.82) is 0 Å². The number of ether oxygens (including phenoxy) is 1. The molecule has 0 fully saturated rings. The zero-order valence-corrected chi connectivity index (χ0v) is 22.1. The third-order valence-corrected chi connectivity index (χ3v) is 7.62. The summed E-state index contributed by atoms with van der Waals surface area (Å²) in [6, 6.07) is 13.0. The molecule has 0 unspecified atom stereocenters. The molecule has 4 nitrogen and oxygen atoms in total. The van der Waals surface area contributed by atoms with E-state index < -0.39 is 0 Å². The molecule has 0 aromatic heterocycles. The van der Waals surface area contributed by atoms with Gasteiger partial charge in [0.05, 0.1) is 0 Å². The van der Waals surface area contributed by atoms with E-state index in [0.717, 1.165) is 43.7 Å². The minimum absolute atomic E-state index is 0.117. The highest BCUT2D eigenvalue weighted by Crippen LogP contribution is 2.56. The smallest absolute Gasteiger partial charge is 0.123 e. The van der Waals surface area contributed by atoms with Crippen LogP contribution in [0, 0.1) is 5.92 Å². The number of hydrogen-bond donors (Lipinski definition) is 1. The maximum absolute atomic E-state index is 11.0. The largest absolute Gasteiger partial charge is 0.508 e. The summed E-state index contributed by atoms with van der Waals surface area (Å²) in [5.74, 6) is 2.16. The molecule has 1 N–H and O–H groups in total. The number of phenolic OH excluding ortho intramolecular Hbond substituents is 1. The molecule has 1 aliphatic carbocycles. The molecule has 0 saturated carbocycles. The Morgan fingerprint density at radius 2 is 1.50 bits per heavy atom. The van der Waals surface area contributed by atoms with E-state index in [1.54, 1.807) is 0 Å². The lowest BCUT2D eigenvalue weighted by Gasteiger charge is -2.50. The van der Waals surface area contributed by atoms with E-state index in [-0.39, 0.29) is 17.4 Å². The summed E-state index contributed by atoms with van der Waals surface area (Å²) in [7, 11) is 8.45. The van der Waals surface area contributed by atoms with Crippen molar-refractivity contribution in [2.45, 2.75) is 57.5 Å². The van der Waals surface area contributed by atoms with Crippen LogP contribution in [0.4, 0.5) is 0 Å². The van der Waals surface area contributed by atoms with Crippen LogP contribution < -0.4 is 4.74 Å². The van der Waals surface area contributed by atoms with Gasteiger partial charge in [0.15, 0.2) is 0 Å². The lowest BCUT2D eigenvalue weighted by molar-refractivity contribution is -0.000501. The number of allylic oxidation sites excluding steroid dienone is 2. The van der Waals surface area contributed by atoms with E-state index in [4.69, 9.17) is 4.74 Å². The molecule has 1 heterocycles. The van der Waals surface area contributed by atoms with Crippen LogP contribution in [0.2, 0.25) is 0 Å². The molecule has 2 aliphatic rings. The minimum Gasteiger partial charge on any atom is -0.508 e. The fraction of sp³-hybridized carbons (Fsp3) is 0.533. The molecule has 184 valence electrons. The first-order chi connectivity index (χ1) is 16.0. The monoisotopic (exact) mass is 462 g/mol. The average molecular weight is 463 g/mol. The van der Waals surface area contributed by atoms with E-state index >= 15 is 0 Å². The van der Waals surface area contributed by atoms with Gasteiger partial charge in [-0.05, 0) is 103 Å². The summed E-state index contributed by atoms with van der Waals surface area (Å²) in [6.45, 7) is 8.72. The lowest BCUT2D eigenvalue weighted by atomic mass is 9.61. The molecule has 0 spiro atoms. The number of aromatic hydroxyl groups is 1. The summed E-state index contributed by atoms with van der Waals surface area (Å²) in [4.78, 5) is 4.44. The SMILES string of the molecule is CC1=C[C@@H](c2cc(CCN(C)C)ccc2O)[C@@H]2[C@@H](C1)c1cc(CCN(C)C)ccc1OC2(C)C. The van der Waals surface area contributed by atoms with Crippen LogP contribution in [0.3, 0.4) is 0 Å². The van der Waals surface area contributed by atoms with E-state index in [1.165, 1.54) is 22.3 Å². The van der Waals surface area contributed by atoms with Crippen molar-refractivity contribution in [3.05, 3.63) is 70.3 Å². The van der Waals surface area contributed by atoms with Crippen molar-refractivity contribution in [1.82, 2.24) is 9.80 Å². The maximum Gasteiger partial charge on any atom is 0.123 e. The Bertz CT molecular complexity index is 1050. The number of fused-ring (bicyclic) bond motifs is 3. The van der Waals surface area contributed by atoms with Gasteiger partial charge in [-0.25, -0.2) is 0 Å². The van der Waals surface area contributed by atoms with Crippen molar-refractivity contribution in [3.63, 3.8) is 0 Å². The number of phenols is 1. The van der Waals surface area contributed by atoms with Gasteiger partial charge in [0.1, 0.15) is 17.1 Å².